The first-order valence-corrected chi connectivity index (χ1v) is 10.3. The third kappa shape index (κ3) is 4.61. The Balaban J connectivity index is 1.98. The van der Waals surface area contributed by atoms with E-state index in [1.807, 2.05) is 0 Å². The van der Waals surface area contributed by atoms with E-state index < -0.39 is 0 Å². The number of hydrogen-bond acceptors (Lipinski definition) is 6. The predicted octanol–water partition coefficient (Wildman–Crippen LogP) is 2.85. The zero-order valence-corrected chi connectivity index (χ0v) is 18.7. The molecule has 0 spiro atoms. The topological polar surface area (TPSA) is 78.7 Å². The standard InChI is InChI=1S/C24H29NO6/c1-6-7-10-25(2)14-17-18(26)9-8-16-23(27)22(31-24(16)17)12-15-11-20(29-4)21(30-5)13-19(15)28-3/h8-9,11-13,26H,6-7,10,14H2,1-5H3/p+1. The molecule has 2 aromatic rings. The number of nitrogens with one attached hydrogen (secondary N) is 1. The monoisotopic (exact) mass is 428 g/mol. The van der Waals surface area contributed by atoms with Crippen LogP contribution in [0.4, 0.5) is 0 Å². The third-order valence-electron chi connectivity index (χ3n) is 5.37. The number of ketones is 1. The first kappa shape index (κ1) is 22.5. The Morgan fingerprint density at radius 2 is 1.74 bits per heavy atom. The molecular formula is C24H30NO6+. The molecule has 2 aromatic carbocycles. The van der Waals surface area contributed by atoms with Crippen LogP contribution in [0.2, 0.25) is 0 Å². The van der Waals surface area contributed by atoms with Crippen molar-refractivity contribution in [1.29, 1.82) is 0 Å². The second-order valence-electron chi connectivity index (χ2n) is 7.57. The van der Waals surface area contributed by atoms with Gasteiger partial charge in [0.05, 0.1) is 46.0 Å². The van der Waals surface area contributed by atoms with Crippen LogP contribution >= 0.6 is 0 Å². The fourth-order valence-electron chi connectivity index (χ4n) is 3.64. The summed E-state index contributed by atoms with van der Waals surface area (Å²) in [5.41, 5.74) is 1.71. The molecule has 0 aliphatic carbocycles. The van der Waals surface area contributed by atoms with Crippen molar-refractivity contribution in [2.75, 3.05) is 34.9 Å². The number of benzene rings is 2. The minimum absolute atomic E-state index is 0.132. The maximum atomic E-state index is 13.0. The summed E-state index contributed by atoms with van der Waals surface area (Å²) in [5.74, 6) is 2.03. The SMILES string of the molecule is CCCC[NH+](C)Cc1c(O)ccc2c1OC(=Cc1cc(OC)c(OC)cc1OC)C2=O. The summed E-state index contributed by atoms with van der Waals surface area (Å²) < 4.78 is 22.1. The molecule has 0 fully saturated rings. The summed E-state index contributed by atoms with van der Waals surface area (Å²) >= 11 is 0. The van der Waals surface area contributed by atoms with E-state index in [2.05, 4.69) is 14.0 Å². The quantitative estimate of drug-likeness (QED) is 0.598. The van der Waals surface area contributed by atoms with E-state index >= 15 is 0 Å². The maximum Gasteiger partial charge on any atom is 0.231 e. The van der Waals surface area contributed by atoms with Gasteiger partial charge in [0.1, 0.15) is 18.0 Å². The van der Waals surface area contributed by atoms with Crippen molar-refractivity contribution >= 4 is 11.9 Å². The van der Waals surface area contributed by atoms with Crippen molar-refractivity contribution in [3.63, 3.8) is 0 Å². The molecule has 0 aromatic heterocycles. The fourth-order valence-corrected chi connectivity index (χ4v) is 3.64. The highest BCUT2D eigenvalue weighted by Crippen LogP contribution is 2.41. The summed E-state index contributed by atoms with van der Waals surface area (Å²) in [6.07, 6.45) is 3.81. The van der Waals surface area contributed by atoms with Crippen molar-refractivity contribution in [2.45, 2.75) is 26.3 Å². The van der Waals surface area contributed by atoms with E-state index in [1.165, 1.54) is 4.90 Å². The van der Waals surface area contributed by atoms with Gasteiger partial charge in [-0.3, -0.25) is 4.79 Å². The first-order valence-electron chi connectivity index (χ1n) is 10.3. The fraction of sp³-hybridized carbons (Fsp3) is 0.375. The minimum atomic E-state index is -0.237. The highest BCUT2D eigenvalue weighted by Gasteiger charge is 2.32. The van der Waals surface area contributed by atoms with Crippen LogP contribution < -0.4 is 23.8 Å². The Bertz CT molecular complexity index is 998. The lowest BCUT2D eigenvalue weighted by Crippen LogP contribution is -3.07. The molecule has 166 valence electrons. The van der Waals surface area contributed by atoms with E-state index in [9.17, 15) is 9.90 Å². The van der Waals surface area contributed by atoms with Gasteiger partial charge in [-0.15, -0.1) is 0 Å². The molecule has 7 heteroatoms. The minimum Gasteiger partial charge on any atom is -0.507 e. The molecule has 0 saturated carbocycles. The van der Waals surface area contributed by atoms with Crippen LogP contribution in [0, 0.1) is 0 Å². The Hall–Kier alpha value is -3.19. The second kappa shape index (κ2) is 9.75. The van der Waals surface area contributed by atoms with Crippen LogP contribution in [-0.4, -0.2) is 45.8 Å². The highest BCUT2D eigenvalue weighted by molar-refractivity contribution is 6.15. The Morgan fingerprint density at radius 1 is 1.06 bits per heavy atom. The van der Waals surface area contributed by atoms with Crippen LogP contribution in [0.1, 0.15) is 41.3 Å². The molecule has 0 radical (unpaired) electrons. The summed E-state index contributed by atoms with van der Waals surface area (Å²) in [7, 11) is 6.70. The van der Waals surface area contributed by atoms with Crippen molar-refractivity contribution in [1.82, 2.24) is 0 Å². The van der Waals surface area contributed by atoms with Crippen LogP contribution in [0.15, 0.2) is 30.0 Å². The van der Waals surface area contributed by atoms with Gasteiger partial charge in [-0.05, 0) is 30.7 Å². The molecular weight excluding hydrogens is 398 g/mol. The molecule has 0 amide bonds. The van der Waals surface area contributed by atoms with Gasteiger partial charge in [0.25, 0.3) is 0 Å². The Labute approximate surface area is 182 Å². The molecule has 31 heavy (non-hydrogen) atoms. The predicted molar refractivity (Wildman–Crippen MR) is 118 cm³/mol. The van der Waals surface area contributed by atoms with Crippen LogP contribution in [0.5, 0.6) is 28.7 Å². The molecule has 0 saturated heterocycles. The van der Waals surface area contributed by atoms with Gasteiger partial charge in [-0.25, -0.2) is 0 Å². The number of carbonyl (C=O) groups excluding carboxylic acids is 1. The number of fused-ring (bicyclic) bond motifs is 1. The summed E-state index contributed by atoms with van der Waals surface area (Å²) in [5, 5.41) is 10.4. The number of phenolic OH excluding ortho intramolecular Hbond substituents is 1. The zero-order valence-electron chi connectivity index (χ0n) is 18.7. The molecule has 0 bridgehead atoms. The summed E-state index contributed by atoms with van der Waals surface area (Å²) in [6.45, 7) is 3.68. The average Bonchev–Trinajstić information content (AvgIpc) is 3.09. The number of ether oxygens (including phenoxy) is 4. The number of methoxy groups -OCH3 is 3. The maximum absolute atomic E-state index is 13.0. The third-order valence-corrected chi connectivity index (χ3v) is 5.37. The summed E-state index contributed by atoms with van der Waals surface area (Å²) in [4.78, 5) is 14.3. The van der Waals surface area contributed by atoms with Crippen molar-refractivity contribution in [2.24, 2.45) is 0 Å². The molecule has 2 N–H and O–H groups in total. The van der Waals surface area contributed by atoms with Crippen LogP contribution in [0.3, 0.4) is 0 Å². The van der Waals surface area contributed by atoms with Gasteiger partial charge in [0.2, 0.25) is 5.78 Å². The molecule has 1 atom stereocenters. The second-order valence-corrected chi connectivity index (χ2v) is 7.57. The normalized spacial score (nSPS) is 14.9. The van der Waals surface area contributed by atoms with Gasteiger partial charge in [0.15, 0.2) is 23.0 Å². The highest BCUT2D eigenvalue weighted by atomic mass is 16.5. The van der Waals surface area contributed by atoms with Crippen LogP contribution in [0.25, 0.3) is 6.08 Å². The molecule has 1 heterocycles. The van der Waals surface area contributed by atoms with Crippen LogP contribution in [-0.2, 0) is 6.54 Å². The molecule has 1 aliphatic heterocycles. The van der Waals surface area contributed by atoms with E-state index in [-0.39, 0.29) is 17.3 Å². The molecule has 7 nitrogen and oxygen atoms in total. The lowest BCUT2D eigenvalue weighted by Gasteiger charge is -2.16. The first-order chi connectivity index (χ1) is 14.9. The number of carbonyl (C=O) groups is 1. The number of unbranched alkanes of at least 4 members (excludes halogenated alkanes) is 1. The smallest absolute Gasteiger partial charge is 0.231 e. The van der Waals surface area contributed by atoms with E-state index in [0.717, 1.165) is 19.4 Å². The van der Waals surface area contributed by atoms with E-state index in [1.54, 1.807) is 51.7 Å². The van der Waals surface area contributed by atoms with Gasteiger partial charge >= 0.3 is 0 Å². The van der Waals surface area contributed by atoms with Gasteiger partial charge < -0.3 is 29.0 Å². The average molecular weight is 429 g/mol. The number of Topliss-reactive ketones (excluding diaryl/α,β-unsaturated/α-hetero) is 1. The number of phenols is 1. The van der Waals surface area contributed by atoms with Gasteiger partial charge in [-0.1, -0.05) is 13.3 Å². The zero-order chi connectivity index (χ0) is 22.5. The molecule has 1 aliphatic rings. The van der Waals surface area contributed by atoms with Crippen molar-refractivity contribution < 1.29 is 33.7 Å². The number of allylic oxidation sites excluding steroid dienone is 1. The van der Waals surface area contributed by atoms with Crippen molar-refractivity contribution in [3.8, 4) is 28.7 Å². The largest absolute Gasteiger partial charge is 0.507 e. The number of quaternary nitrogens is 1. The van der Waals surface area contributed by atoms with Gasteiger partial charge in [0, 0.05) is 11.6 Å². The summed E-state index contributed by atoms with van der Waals surface area (Å²) in [6, 6.07) is 6.58. The number of hydrogen-bond donors (Lipinski definition) is 2. The van der Waals surface area contributed by atoms with E-state index in [4.69, 9.17) is 18.9 Å². The Morgan fingerprint density at radius 3 is 2.39 bits per heavy atom. The van der Waals surface area contributed by atoms with Crippen molar-refractivity contribution in [3.05, 3.63) is 46.7 Å². The Kier molecular flexibility index (Phi) is 7.07. The molecule has 1 unspecified atom stereocenters. The number of aromatic hydroxyl groups is 1. The number of rotatable bonds is 9. The lowest BCUT2D eigenvalue weighted by molar-refractivity contribution is -0.894. The van der Waals surface area contributed by atoms with Gasteiger partial charge in [-0.2, -0.15) is 0 Å². The van der Waals surface area contributed by atoms with E-state index in [0.29, 0.717) is 46.2 Å². The molecule has 3 rings (SSSR count). The lowest BCUT2D eigenvalue weighted by atomic mass is 10.0.